The number of ether oxygens (including phenoxy) is 1. The van der Waals surface area contributed by atoms with Gasteiger partial charge in [-0.25, -0.2) is 0 Å². The van der Waals surface area contributed by atoms with Crippen molar-refractivity contribution in [3.63, 3.8) is 0 Å². The molecule has 1 saturated carbocycles. The number of methoxy groups -OCH3 is 1. The first-order valence-electron chi connectivity index (χ1n) is 8.59. The Hall–Kier alpha value is -1.79. The number of fused-ring (bicyclic) bond motifs is 1. The number of hydrogen-bond donors (Lipinski definition) is 3. The highest BCUT2D eigenvalue weighted by molar-refractivity contribution is 5.96. The lowest BCUT2D eigenvalue weighted by Crippen LogP contribution is -2.39. The summed E-state index contributed by atoms with van der Waals surface area (Å²) < 4.78 is 5.29. The molecular formula is C18H26ClN3O3. The van der Waals surface area contributed by atoms with Gasteiger partial charge in [0.05, 0.1) is 18.8 Å². The Bertz CT molecular complexity index is 624. The predicted molar refractivity (Wildman–Crippen MR) is 100 cm³/mol. The Morgan fingerprint density at radius 1 is 1.20 bits per heavy atom. The van der Waals surface area contributed by atoms with Gasteiger partial charge in [-0.15, -0.1) is 12.4 Å². The summed E-state index contributed by atoms with van der Waals surface area (Å²) in [5.41, 5.74) is 1.26. The molecule has 1 aromatic rings. The van der Waals surface area contributed by atoms with Crippen LogP contribution in [0.15, 0.2) is 18.2 Å². The standard InChI is InChI=1S/C18H25N3O3.ClH/c1-11(22)19-15-8-7-13(10-17(15)24-2)20-18(23)16-9-12-5-3-4-6-14(12)21-16;/h7-8,10,12,14,16,21H,3-6,9H2,1-2H3,(H,19,22)(H,20,23);1H. The van der Waals surface area contributed by atoms with Crippen molar-refractivity contribution in [2.24, 2.45) is 5.92 Å². The van der Waals surface area contributed by atoms with Gasteiger partial charge in [-0.05, 0) is 37.3 Å². The number of amides is 2. The molecule has 0 radical (unpaired) electrons. The Morgan fingerprint density at radius 3 is 2.64 bits per heavy atom. The third-order valence-corrected chi connectivity index (χ3v) is 4.96. The van der Waals surface area contributed by atoms with E-state index in [-0.39, 0.29) is 30.3 Å². The molecule has 1 aromatic carbocycles. The quantitative estimate of drug-likeness (QED) is 0.764. The number of carbonyl (C=O) groups is 2. The Labute approximate surface area is 154 Å². The second-order valence-corrected chi connectivity index (χ2v) is 6.69. The van der Waals surface area contributed by atoms with Gasteiger partial charge in [0.25, 0.3) is 0 Å². The minimum absolute atomic E-state index is 0. The number of hydrogen-bond acceptors (Lipinski definition) is 4. The van der Waals surface area contributed by atoms with E-state index in [2.05, 4.69) is 16.0 Å². The van der Waals surface area contributed by atoms with E-state index in [1.807, 2.05) is 0 Å². The smallest absolute Gasteiger partial charge is 0.241 e. The molecule has 0 bridgehead atoms. The molecule has 3 unspecified atom stereocenters. The normalized spacial score (nSPS) is 24.6. The molecule has 1 heterocycles. The maximum absolute atomic E-state index is 12.5. The molecule has 2 amide bonds. The summed E-state index contributed by atoms with van der Waals surface area (Å²) in [4.78, 5) is 23.7. The van der Waals surface area contributed by atoms with Crippen LogP contribution >= 0.6 is 12.4 Å². The van der Waals surface area contributed by atoms with Gasteiger partial charge in [0.1, 0.15) is 5.75 Å². The van der Waals surface area contributed by atoms with Crippen molar-refractivity contribution in [2.75, 3.05) is 17.7 Å². The molecule has 25 heavy (non-hydrogen) atoms. The van der Waals surface area contributed by atoms with Gasteiger partial charge in [-0.2, -0.15) is 0 Å². The topological polar surface area (TPSA) is 79.5 Å². The lowest BCUT2D eigenvalue weighted by Gasteiger charge is -2.24. The molecule has 2 fully saturated rings. The summed E-state index contributed by atoms with van der Waals surface area (Å²) in [6, 6.07) is 5.60. The summed E-state index contributed by atoms with van der Waals surface area (Å²) in [6.07, 6.45) is 5.84. The summed E-state index contributed by atoms with van der Waals surface area (Å²) >= 11 is 0. The van der Waals surface area contributed by atoms with Crippen LogP contribution in [0.3, 0.4) is 0 Å². The summed E-state index contributed by atoms with van der Waals surface area (Å²) in [6.45, 7) is 1.44. The SMILES string of the molecule is COc1cc(NC(=O)C2CC3CCCCC3N2)ccc1NC(C)=O.Cl. The minimum atomic E-state index is -0.164. The molecule has 3 atom stereocenters. The molecule has 138 valence electrons. The van der Waals surface area contributed by atoms with E-state index in [9.17, 15) is 9.59 Å². The second kappa shape index (κ2) is 8.54. The Morgan fingerprint density at radius 2 is 1.96 bits per heavy atom. The Balaban J connectivity index is 0.00000225. The molecule has 0 aromatic heterocycles. The molecule has 3 rings (SSSR count). The van der Waals surface area contributed by atoms with E-state index in [1.165, 1.54) is 39.7 Å². The zero-order valence-electron chi connectivity index (χ0n) is 14.6. The number of halogens is 1. The van der Waals surface area contributed by atoms with Crippen LogP contribution in [0.25, 0.3) is 0 Å². The van der Waals surface area contributed by atoms with Crippen molar-refractivity contribution in [3.05, 3.63) is 18.2 Å². The molecule has 6 nitrogen and oxygen atoms in total. The molecular weight excluding hydrogens is 342 g/mol. The predicted octanol–water partition coefficient (Wildman–Crippen LogP) is 2.93. The van der Waals surface area contributed by atoms with Crippen molar-refractivity contribution >= 4 is 35.6 Å². The van der Waals surface area contributed by atoms with E-state index < -0.39 is 0 Å². The molecule has 1 aliphatic carbocycles. The van der Waals surface area contributed by atoms with Crippen molar-refractivity contribution in [3.8, 4) is 5.75 Å². The van der Waals surface area contributed by atoms with Crippen LogP contribution in [0, 0.1) is 5.92 Å². The Kier molecular flexibility index (Phi) is 6.67. The van der Waals surface area contributed by atoms with Crippen LogP contribution in [0.5, 0.6) is 5.75 Å². The summed E-state index contributed by atoms with van der Waals surface area (Å²) in [5, 5.41) is 9.14. The van der Waals surface area contributed by atoms with Crippen molar-refractivity contribution in [1.29, 1.82) is 0 Å². The third kappa shape index (κ3) is 4.64. The minimum Gasteiger partial charge on any atom is -0.494 e. The van der Waals surface area contributed by atoms with E-state index in [0.29, 0.717) is 29.1 Å². The van der Waals surface area contributed by atoms with E-state index in [1.54, 1.807) is 18.2 Å². The van der Waals surface area contributed by atoms with Gasteiger partial charge in [0.15, 0.2) is 0 Å². The molecule has 1 saturated heterocycles. The first-order valence-corrected chi connectivity index (χ1v) is 8.59. The van der Waals surface area contributed by atoms with E-state index >= 15 is 0 Å². The van der Waals surface area contributed by atoms with Gasteiger partial charge in [-0.1, -0.05) is 12.8 Å². The first kappa shape index (κ1) is 19.5. The highest BCUT2D eigenvalue weighted by Gasteiger charge is 2.38. The highest BCUT2D eigenvalue weighted by Crippen LogP contribution is 2.34. The zero-order valence-corrected chi connectivity index (χ0v) is 15.4. The summed E-state index contributed by atoms with van der Waals surface area (Å²) in [5.74, 6) is 0.990. The average molecular weight is 368 g/mol. The second-order valence-electron chi connectivity index (χ2n) is 6.69. The fourth-order valence-electron chi connectivity index (χ4n) is 3.81. The average Bonchev–Trinajstić information content (AvgIpc) is 3.00. The first-order chi connectivity index (χ1) is 11.6. The van der Waals surface area contributed by atoms with Crippen LogP contribution in [0.1, 0.15) is 39.0 Å². The summed E-state index contributed by atoms with van der Waals surface area (Å²) in [7, 11) is 1.54. The monoisotopic (exact) mass is 367 g/mol. The number of benzene rings is 1. The maximum atomic E-state index is 12.5. The van der Waals surface area contributed by atoms with Crippen LogP contribution in [0.2, 0.25) is 0 Å². The number of rotatable bonds is 4. The molecule has 0 spiro atoms. The van der Waals surface area contributed by atoms with Crippen LogP contribution in [-0.4, -0.2) is 31.0 Å². The largest absolute Gasteiger partial charge is 0.494 e. The molecule has 1 aliphatic heterocycles. The van der Waals surface area contributed by atoms with Crippen LogP contribution in [0.4, 0.5) is 11.4 Å². The van der Waals surface area contributed by atoms with Gasteiger partial charge in [-0.3, -0.25) is 9.59 Å². The number of carbonyl (C=O) groups excluding carboxylic acids is 2. The van der Waals surface area contributed by atoms with E-state index in [4.69, 9.17) is 4.74 Å². The number of nitrogens with one attached hydrogen (secondary N) is 3. The zero-order chi connectivity index (χ0) is 17.1. The van der Waals surface area contributed by atoms with E-state index in [0.717, 1.165) is 6.42 Å². The third-order valence-electron chi connectivity index (χ3n) is 4.96. The molecule has 7 heteroatoms. The van der Waals surface area contributed by atoms with Gasteiger partial charge < -0.3 is 20.7 Å². The van der Waals surface area contributed by atoms with Crippen molar-refractivity contribution in [2.45, 2.75) is 51.1 Å². The maximum Gasteiger partial charge on any atom is 0.241 e. The highest BCUT2D eigenvalue weighted by atomic mass is 35.5. The van der Waals surface area contributed by atoms with Gasteiger partial charge in [0.2, 0.25) is 11.8 Å². The lowest BCUT2D eigenvalue weighted by atomic mass is 9.85. The van der Waals surface area contributed by atoms with Crippen molar-refractivity contribution in [1.82, 2.24) is 5.32 Å². The van der Waals surface area contributed by atoms with Crippen LogP contribution < -0.4 is 20.7 Å². The molecule has 3 N–H and O–H groups in total. The van der Waals surface area contributed by atoms with Gasteiger partial charge in [0, 0.05) is 24.7 Å². The van der Waals surface area contributed by atoms with Crippen molar-refractivity contribution < 1.29 is 14.3 Å². The molecule has 2 aliphatic rings. The number of anilines is 2. The lowest BCUT2D eigenvalue weighted by molar-refractivity contribution is -0.118. The fraction of sp³-hybridized carbons (Fsp3) is 0.556. The van der Waals surface area contributed by atoms with Gasteiger partial charge >= 0.3 is 0 Å². The van der Waals surface area contributed by atoms with Crippen LogP contribution in [-0.2, 0) is 9.59 Å². The fourth-order valence-corrected chi connectivity index (χ4v) is 3.81.